The van der Waals surface area contributed by atoms with Crippen molar-refractivity contribution in [3.05, 3.63) is 441 Å². The molecule has 2 unspecified atom stereocenters. The van der Waals surface area contributed by atoms with E-state index < -0.39 is 45.7 Å². The summed E-state index contributed by atoms with van der Waals surface area (Å²) in [6.07, 6.45) is 3.52. The van der Waals surface area contributed by atoms with Crippen molar-refractivity contribution in [3.8, 4) is 67.5 Å². The van der Waals surface area contributed by atoms with Crippen molar-refractivity contribution in [2.45, 2.75) is 38.5 Å². The summed E-state index contributed by atoms with van der Waals surface area (Å²) >= 11 is 0. The molecule has 110 heavy (non-hydrogen) atoms. The van der Waals surface area contributed by atoms with E-state index in [1.54, 1.807) is 36.4 Å². The molecule has 0 N–H and O–H groups in total. The van der Waals surface area contributed by atoms with Gasteiger partial charge in [-0.25, -0.2) is 26.3 Å². The first-order valence-electron chi connectivity index (χ1n) is 36.4. The average molecular weight is 1450 g/mol. The summed E-state index contributed by atoms with van der Waals surface area (Å²) in [6, 6.07) is 95.1. The number of nitrogens with zero attached hydrogens (tertiary/aromatic N) is 2. The van der Waals surface area contributed by atoms with Gasteiger partial charge in [-0.3, -0.25) is 0 Å². The van der Waals surface area contributed by atoms with Gasteiger partial charge < -0.3 is 19.3 Å². The number of fused-ring (bicyclic) bond motifs is 6. The molecule has 15 aromatic carbocycles. The average Bonchev–Trinajstić information content (AvgIpc) is 1.53. The van der Waals surface area contributed by atoms with Gasteiger partial charge in [0.1, 0.15) is 57.9 Å². The maximum absolute atomic E-state index is 17.1. The standard InChI is InChI=1S/C100H70F6N2O2/c1-7-65-23-43-77(44-24-65)109-79-47-27-67(28-48-79)99(97-93(103)19-13-20-94(97)104)89-17-11-9-15-83(89)85-53-41-75(59-91(85)99)107(71-35-31-69(101)32-36-71)73-39-51-81(61(3)55-73)87-57-64(6)88(58-63(87)5)82-52-40-74(56-62(82)4)108(72-37-33-70(102)34-38-72)76-42-54-86-84-16-10-12-18-90(84)100(92(86)60-76,98-95(105)21-14-22-96(98)106)68-29-49-80(50-30-68)110-78-45-25-66(8-2)26-46-78/h7-60H,1-2H2,3-6H3. The molecule has 2 aliphatic carbocycles. The molecule has 0 fully saturated rings. The number of rotatable bonds is 18. The third-order valence-corrected chi connectivity index (χ3v) is 21.8. The maximum Gasteiger partial charge on any atom is 0.130 e. The van der Waals surface area contributed by atoms with Crippen LogP contribution in [0.2, 0.25) is 0 Å². The monoisotopic (exact) mass is 1440 g/mol. The minimum atomic E-state index is -1.50. The van der Waals surface area contributed by atoms with Gasteiger partial charge in [-0.1, -0.05) is 171 Å². The Kier molecular flexibility index (Phi) is 17.7. The Morgan fingerprint density at radius 3 is 0.891 bits per heavy atom. The first-order valence-corrected chi connectivity index (χ1v) is 36.4. The predicted octanol–water partition coefficient (Wildman–Crippen LogP) is 27.6. The third-order valence-electron chi connectivity index (χ3n) is 21.8. The van der Waals surface area contributed by atoms with E-state index in [0.717, 1.165) is 89.3 Å². The van der Waals surface area contributed by atoms with Crippen molar-refractivity contribution in [1.82, 2.24) is 0 Å². The number of anilines is 6. The molecule has 0 aromatic heterocycles. The molecular formula is C100H70F6N2O2. The summed E-state index contributed by atoms with van der Waals surface area (Å²) in [5.41, 5.74) is 18.1. The van der Waals surface area contributed by atoms with E-state index in [1.165, 1.54) is 60.7 Å². The minimum Gasteiger partial charge on any atom is -0.457 e. The molecular weight excluding hydrogens is 1380 g/mol. The van der Waals surface area contributed by atoms with Crippen LogP contribution in [0, 0.1) is 62.6 Å². The Balaban J connectivity index is 0.728. The summed E-state index contributed by atoms with van der Waals surface area (Å²) < 4.78 is 111. The van der Waals surface area contributed by atoms with Crippen LogP contribution >= 0.6 is 0 Å². The third kappa shape index (κ3) is 11.8. The van der Waals surface area contributed by atoms with Crippen LogP contribution in [0.15, 0.2) is 329 Å². The molecule has 0 spiro atoms. The van der Waals surface area contributed by atoms with Crippen LogP contribution in [-0.4, -0.2) is 0 Å². The molecule has 15 aromatic rings. The molecule has 0 heterocycles. The Labute approximate surface area is 635 Å². The predicted molar refractivity (Wildman–Crippen MR) is 433 cm³/mol. The molecule has 0 radical (unpaired) electrons. The summed E-state index contributed by atoms with van der Waals surface area (Å²) in [7, 11) is 0. The quantitative estimate of drug-likeness (QED) is 0.0800. The second-order valence-electron chi connectivity index (χ2n) is 28.1. The zero-order valence-electron chi connectivity index (χ0n) is 60.6. The minimum absolute atomic E-state index is 0.119. The van der Waals surface area contributed by atoms with Crippen molar-refractivity contribution in [1.29, 1.82) is 0 Å². The number of hydrogen-bond donors (Lipinski definition) is 0. The van der Waals surface area contributed by atoms with Crippen molar-refractivity contribution >= 4 is 46.3 Å². The smallest absolute Gasteiger partial charge is 0.130 e. The molecule has 0 aliphatic heterocycles. The van der Waals surface area contributed by atoms with Gasteiger partial charge in [0.25, 0.3) is 0 Å². The van der Waals surface area contributed by atoms with E-state index in [4.69, 9.17) is 9.47 Å². The Hall–Kier alpha value is -13.4. The lowest BCUT2D eigenvalue weighted by Crippen LogP contribution is -2.31. The fraction of sp³-hybridized carbons (Fsp3) is 0.0600. The van der Waals surface area contributed by atoms with Crippen LogP contribution in [0.3, 0.4) is 0 Å². The van der Waals surface area contributed by atoms with Gasteiger partial charge in [0.2, 0.25) is 0 Å². The Bertz CT molecular complexity index is 5720. The zero-order chi connectivity index (χ0) is 75.7. The molecule has 2 aliphatic rings. The number of halogens is 6. The Morgan fingerprint density at radius 1 is 0.264 bits per heavy atom. The molecule has 2 atom stereocenters. The van der Waals surface area contributed by atoms with Crippen molar-refractivity contribution < 1.29 is 35.8 Å². The summed E-state index contributed by atoms with van der Waals surface area (Å²) in [4.78, 5) is 4.10. The largest absolute Gasteiger partial charge is 0.457 e. The van der Waals surface area contributed by atoms with Crippen LogP contribution in [0.25, 0.3) is 56.7 Å². The molecule has 17 rings (SSSR count). The second kappa shape index (κ2) is 28.0. The summed E-state index contributed by atoms with van der Waals surface area (Å²) in [5, 5.41) is 0. The first kappa shape index (κ1) is 69.6. The van der Waals surface area contributed by atoms with Crippen molar-refractivity contribution in [2.24, 2.45) is 0 Å². The second-order valence-corrected chi connectivity index (χ2v) is 28.1. The molecule has 0 bridgehead atoms. The van der Waals surface area contributed by atoms with Gasteiger partial charge >= 0.3 is 0 Å². The zero-order valence-corrected chi connectivity index (χ0v) is 60.6. The first-order chi connectivity index (χ1) is 53.5. The van der Waals surface area contributed by atoms with E-state index in [2.05, 4.69) is 89.4 Å². The van der Waals surface area contributed by atoms with Crippen LogP contribution in [0.1, 0.15) is 77.9 Å². The normalized spacial score (nSPS) is 14.4. The lowest BCUT2D eigenvalue weighted by Gasteiger charge is -2.35. The fourth-order valence-electron chi connectivity index (χ4n) is 16.8. The number of aryl methyl sites for hydroxylation is 4. The van der Waals surface area contributed by atoms with E-state index in [1.807, 2.05) is 192 Å². The lowest BCUT2D eigenvalue weighted by molar-refractivity contribution is 0.481. The van der Waals surface area contributed by atoms with E-state index in [9.17, 15) is 0 Å². The highest BCUT2D eigenvalue weighted by Crippen LogP contribution is 2.61. The molecule has 534 valence electrons. The number of ether oxygens (including phenoxy) is 2. The van der Waals surface area contributed by atoms with Crippen LogP contribution in [0.5, 0.6) is 23.0 Å². The SMILES string of the molecule is C=Cc1ccc(Oc2ccc(C3(c4c(F)cccc4F)c4ccccc4-c4ccc(N(c5ccc(F)cc5)c5ccc(-c6cc(C)c(-c7ccc(N(c8ccc(F)cc8)c8ccc9c(c8)C(c8ccc(Oc%10ccc(C=C)cc%10)cc8)(c8c(F)cccc8F)c8ccccc8-9)cc7C)cc6C)c(C)c5)cc43)cc2)cc1. The van der Waals surface area contributed by atoms with Crippen LogP contribution in [0.4, 0.5) is 60.5 Å². The summed E-state index contributed by atoms with van der Waals surface area (Å²) in [6.45, 7) is 16.1. The maximum atomic E-state index is 17.1. The summed E-state index contributed by atoms with van der Waals surface area (Å²) in [5.74, 6) is -1.32. The van der Waals surface area contributed by atoms with Gasteiger partial charge in [0, 0.05) is 45.3 Å². The van der Waals surface area contributed by atoms with Crippen LogP contribution in [-0.2, 0) is 10.8 Å². The van der Waals surface area contributed by atoms with E-state index in [0.29, 0.717) is 79.1 Å². The van der Waals surface area contributed by atoms with Gasteiger partial charge in [-0.05, 0) is 309 Å². The topological polar surface area (TPSA) is 24.9 Å². The highest BCUT2D eigenvalue weighted by Gasteiger charge is 2.51. The van der Waals surface area contributed by atoms with Gasteiger partial charge in [0.15, 0.2) is 0 Å². The molecule has 0 saturated carbocycles. The number of benzene rings is 15. The van der Waals surface area contributed by atoms with Crippen LogP contribution < -0.4 is 19.3 Å². The highest BCUT2D eigenvalue weighted by atomic mass is 19.2. The molecule has 0 amide bonds. The molecule has 10 heteroatoms. The van der Waals surface area contributed by atoms with E-state index in [-0.39, 0.29) is 11.1 Å². The molecule has 4 nitrogen and oxygen atoms in total. The highest BCUT2D eigenvalue weighted by molar-refractivity contribution is 5.93. The Morgan fingerprint density at radius 2 is 0.555 bits per heavy atom. The number of hydrogen-bond acceptors (Lipinski definition) is 4. The lowest BCUT2D eigenvalue weighted by atomic mass is 9.67. The van der Waals surface area contributed by atoms with E-state index >= 15 is 26.3 Å². The van der Waals surface area contributed by atoms with Gasteiger partial charge in [-0.2, -0.15) is 0 Å². The fourth-order valence-corrected chi connectivity index (χ4v) is 16.8. The molecule has 0 saturated heterocycles. The van der Waals surface area contributed by atoms with Gasteiger partial charge in [0.05, 0.1) is 10.8 Å². The van der Waals surface area contributed by atoms with Crippen molar-refractivity contribution in [3.63, 3.8) is 0 Å². The van der Waals surface area contributed by atoms with Gasteiger partial charge in [-0.15, -0.1) is 0 Å². The van der Waals surface area contributed by atoms with Crippen molar-refractivity contribution in [2.75, 3.05) is 9.80 Å².